The molecular formula is C26H28N2O6SSi. The molecule has 5 rings (SSSR count). The van der Waals surface area contributed by atoms with Gasteiger partial charge in [0.25, 0.3) is 5.56 Å². The number of rotatable bonds is 6. The van der Waals surface area contributed by atoms with E-state index in [0.29, 0.717) is 23.7 Å². The highest BCUT2D eigenvalue weighted by molar-refractivity contribution is 8.01. The molecule has 1 N–H and O–H groups in total. The van der Waals surface area contributed by atoms with Crippen molar-refractivity contribution in [3.8, 4) is 11.4 Å². The Hall–Kier alpha value is -2.95. The van der Waals surface area contributed by atoms with E-state index in [9.17, 15) is 19.5 Å². The van der Waals surface area contributed by atoms with Gasteiger partial charge in [0.1, 0.15) is 19.7 Å². The van der Waals surface area contributed by atoms with E-state index in [2.05, 4.69) is 19.6 Å². The summed E-state index contributed by atoms with van der Waals surface area (Å²) in [4.78, 5) is 42.7. The van der Waals surface area contributed by atoms with Gasteiger partial charge in [0, 0.05) is 35.6 Å². The van der Waals surface area contributed by atoms with Crippen LogP contribution in [0, 0.1) is 0 Å². The number of esters is 2. The van der Waals surface area contributed by atoms with Crippen LogP contribution in [0.2, 0.25) is 19.6 Å². The lowest BCUT2D eigenvalue weighted by Crippen LogP contribution is -2.45. The molecule has 0 aliphatic carbocycles. The third-order valence-electron chi connectivity index (χ3n) is 6.62. The largest absolute Gasteiger partial charge is 0.458 e. The van der Waals surface area contributed by atoms with E-state index in [1.54, 1.807) is 10.6 Å². The number of nitrogens with zero attached hydrogens (tertiary/aromatic N) is 2. The summed E-state index contributed by atoms with van der Waals surface area (Å²) in [7, 11) is -1.87. The fourth-order valence-electron chi connectivity index (χ4n) is 4.75. The topological polar surface area (TPSA) is 108 Å². The van der Waals surface area contributed by atoms with Gasteiger partial charge in [-0.3, -0.25) is 9.59 Å². The van der Waals surface area contributed by atoms with Crippen LogP contribution in [0.4, 0.5) is 0 Å². The molecule has 0 saturated carbocycles. The van der Waals surface area contributed by atoms with E-state index in [-0.39, 0.29) is 40.7 Å². The summed E-state index contributed by atoms with van der Waals surface area (Å²) in [6.45, 7) is 7.83. The number of fused-ring (bicyclic) bond motifs is 5. The smallest absolute Gasteiger partial charge is 0.343 e. The van der Waals surface area contributed by atoms with E-state index in [4.69, 9.17) is 14.5 Å². The van der Waals surface area contributed by atoms with Gasteiger partial charge >= 0.3 is 11.9 Å². The Bertz CT molecular complexity index is 1460. The molecule has 0 bridgehead atoms. The van der Waals surface area contributed by atoms with Crippen molar-refractivity contribution >= 4 is 42.7 Å². The number of aromatic nitrogens is 2. The van der Waals surface area contributed by atoms with Gasteiger partial charge in [0.05, 0.1) is 29.0 Å². The van der Waals surface area contributed by atoms with Gasteiger partial charge in [0.15, 0.2) is 5.60 Å². The Balaban J connectivity index is 1.52. The average Bonchev–Trinajstić information content (AvgIpc) is 3.17. The molecule has 188 valence electrons. The van der Waals surface area contributed by atoms with Crippen molar-refractivity contribution < 1.29 is 24.2 Å². The number of hydrogen-bond donors (Lipinski definition) is 1. The van der Waals surface area contributed by atoms with Crippen molar-refractivity contribution in [1.29, 1.82) is 0 Å². The molecule has 4 heterocycles. The first-order valence-electron chi connectivity index (χ1n) is 11.8. The van der Waals surface area contributed by atoms with Crippen molar-refractivity contribution in [2.45, 2.75) is 56.8 Å². The molecule has 10 heteroatoms. The summed E-state index contributed by atoms with van der Waals surface area (Å²) in [5.74, 6) is -0.800. The highest BCUT2D eigenvalue weighted by atomic mass is 32.2. The molecule has 1 unspecified atom stereocenters. The van der Waals surface area contributed by atoms with Gasteiger partial charge in [-0.05, 0) is 18.2 Å². The number of aliphatic hydroxyl groups is 1. The third kappa shape index (κ3) is 4.16. The first-order chi connectivity index (χ1) is 17.0. The third-order valence-corrected chi connectivity index (χ3v) is 11.6. The quantitative estimate of drug-likeness (QED) is 0.232. The second kappa shape index (κ2) is 8.86. The zero-order chi connectivity index (χ0) is 25.8. The maximum Gasteiger partial charge on any atom is 0.343 e. The molecule has 8 nitrogen and oxygen atoms in total. The Morgan fingerprint density at radius 2 is 2.03 bits per heavy atom. The molecule has 0 saturated heterocycles. The molecule has 2 aliphatic heterocycles. The molecular weight excluding hydrogens is 496 g/mol. The lowest BCUT2D eigenvalue weighted by molar-refractivity contribution is -0.172. The van der Waals surface area contributed by atoms with Crippen LogP contribution >= 0.6 is 11.8 Å². The summed E-state index contributed by atoms with van der Waals surface area (Å²) in [6.07, 6.45) is 0.0205. The number of para-hydroxylation sites is 1. The van der Waals surface area contributed by atoms with Crippen molar-refractivity contribution in [1.82, 2.24) is 9.55 Å². The molecule has 2 atom stereocenters. The molecule has 2 aromatic heterocycles. The van der Waals surface area contributed by atoms with Gasteiger partial charge in [-0.2, -0.15) is 0 Å². The normalized spacial score (nSPS) is 19.3. The van der Waals surface area contributed by atoms with Crippen LogP contribution in [-0.4, -0.2) is 45.5 Å². The van der Waals surface area contributed by atoms with Crippen LogP contribution in [0.25, 0.3) is 22.3 Å². The van der Waals surface area contributed by atoms with Gasteiger partial charge < -0.3 is 19.1 Å². The van der Waals surface area contributed by atoms with Crippen LogP contribution in [0.15, 0.2) is 41.2 Å². The monoisotopic (exact) mass is 524 g/mol. The summed E-state index contributed by atoms with van der Waals surface area (Å²) < 4.78 is 12.4. The zero-order valence-corrected chi connectivity index (χ0v) is 22.5. The van der Waals surface area contributed by atoms with Crippen LogP contribution in [0.5, 0.6) is 0 Å². The number of carbonyl (C=O) groups is 2. The number of carbonyl (C=O) groups excluding carboxylic acids is 2. The van der Waals surface area contributed by atoms with Gasteiger partial charge in [-0.25, -0.2) is 9.78 Å². The van der Waals surface area contributed by atoms with Crippen LogP contribution in [-0.2, 0) is 37.8 Å². The Labute approximate surface area is 213 Å². The second-order valence-electron chi connectivity index (χ2n) is 10.4. The van der Waals surface area contributed by atoms with Crippen LogP contribution < -0.4 is 5.56 Å². The SMILES string of the molecule is CC(=O)OC(SCC[C@@]1(O)C(=O)OCc2c1cc1n(c2=O)Cc2cc3ccccc3nc2-1)[Si](C)(C)C. The average molecular weight is 525 g/mol. The molecule has 0 fully saturated rings. The number of pyridine rings is 2. The first kappa shape index (κ1) is 24.7. The number of cyclic esters (lactones) is 1. The van der Waals surface area contributed by atoms with Crippen molar-refractivity contribution in [3.63, 3.8) is 0 Å². The predicted molar refractivity (Wildman–Crippen MR) is 140 cm³/mol. The van der Waals surface area contributed by atoms with E-state index in [0.717, 1.165) is 16.5 Å². The highest BCUT2D eigenvalue weighted by Gasteiger charge is 2.47. The van der Waals surface area contributed by atoms with Crippen LogP contribution in [0.1, 0.15) is 30.0 Å². The van der Waals surface area contributed by atoms with Gasteiger partial charge in [0.2, 0.25) is 0 Å². The minimum Gasteiger partial charge on any atom is -0.458 e. The number of hydrogen-bond acceptors (Lipinski definition) is 8. The van der Waals surface area contributed by atoms with E-state index < -0.39 is 19.6 Å². The van der Waals surface area contributed by atoms with E-state index in [1.807, 2.05) is 30.3 Å². The van der Waals surface area contributed by atoms with Crippen molar-refractivity contribution in [2.75, 3.05) is 5.75 Å². The standard InChI is InChI=1S/C26H28N2O6SSi/c1-15(29)34-25(36(2,3)4)35-10-9-26(32)19-12-21-22-17(11-16-7-5-6-8-20(16)27-22)13-28(21)23(30)18(19)14-33-24(26)31/h5-8,11-12,25,32H,9-10,13-14H2,1-4H3/t25?,26-/m0/s1. The Kier molecular flexibility index (Phi) is 6.09. The molecule has 36 heavy (non-hydrogen) atoms. The molecule has 2 aliphatic rings. The predicted octanol–water partition coefficient (Wildman–Crippen LogP) is 3.56. The number of benzene rings is 1. The van der Waals surface area contributed by atoms with Crippen molar-refractivity contribution in [2.24, 2.45) is 0 Å². The molecule has 0 radical (unpaired) electrons. The summed E-state index contributed by atoms with van der Waals surface area (Å²) >= 11 is 1.40. The fourth-order valence-corrected chi connectivity index (χ4v) is 8.46. The lowest BCUT2D eigenvalue weighted by Gasteiger charge is -2.33. The minimum atomic E-state index is -1.98. The van der Waals surface area contributed by atoms with Crippen molar-refractivity contribution in [3.05, 3.63) is 63.4 Å². The lowest BCUT2D eigenvalue weighted by atomic mass is 9.86. The summed E-state index contributed by atoms with van der Waals surface area (Å²) in [5.41, 5.74) is 1.28. The van der Waals surface area contributed by atoms with E-state index in [1.165, 1.54) is 18.7 Å². The first-order valence-corrected chi connectivity index (χ1v) is 16.5. The molecule has 0 spiro atoms. The summed E-state index contributed by atoms with van der Waals surface area (Å²) in [5, 5.41) is 12.3. The summed E-state index contributed by atoms with van der Waals surface area (Å²) in [6, 6.07) is 11.5. The molecule has 1 aromatic carbocycles. The zero-order valence-electron chi connectivity index (χ0n) is 20.7. The second-order valence-corrected chi connectivity index (χ2v) is 17.2. The maximum absolute atomic E-state index is 13.5. The molecule has 3 aromatic rings. The Morgan fingerprint density at radius 1 is 1.28 bits per heavy atom. The molecule has 0 amide bonds. The Morgan fingerprint density at radius 3 is 2.75 bits per heavy atom. The highest BCUT2D eigenvalue weighted by Crippen LogP contribution is 2.40. The van der Waals surface area contributed by atoms with E-state index >= 15 is 0 Å². The van der Waals surface area contributed by atoms with Gasteiger partial charge in [-0.15, -0.1) is 11.8 Å². The number of thioether (sulfide) groups is 1. The number of ether oxygens (including phenoxy) is 2. The maximum atomic E-state index is 13.5. The van der Waals surface area contributed by atoms with Crippen LogP contribution in [0.3, 0.4) is 0 Å². The van der Waals surface area contributed by atoms with Gasteiger partial charge in [-0.1, -0.05) is 37.8 Å². The minimum absolute atomic E-state index is 0.0205. The fraction of sp³-hybridized carbons (Fsp3) is 0.385.